The highest BCUT2D eigenvalue weighted by Gasteiger charge is 2.36. The van der Waals surface area contributed by atoms with E-state index < -0.39 is 0 Å². The number of nitrogens with two attached hydrogens (primary N) is 1. The third-order valence-electron chi connectivity index (χ3n) is 6.78. The number of benzene rings is 1. The molecular weight excluding hydrogens is 376 g/mol. The van der Waals surface area contributed by atoms with Gasteiger partial charge < -0.3 is 15.6 Å². The van der Waals surface area contributed by atoms with Gasteiger partial charge in [0, 0.05) is 44.2 Å². The van der Waals surface area contributed by atoms with Crippen LogP contribution in [0.4, 0.5) is 0 Å². The maximum absolute atomic E-state index is 12.6. The molecule has 1 aliphatic carbocycles. The maximum Gasteiger partial charge on any atom is 0.223 e. The van der Waals surface area contributed by atoms with Crippen LogP contribution in [0.5, 0.6) is 0 Å². The summed E-state index contributed by atoms with van der Waals surface area (Å²) in [6, 6.07) is 10.5. The Morgan fingerprint density at radius 3 is 2.63 bits per heavy atom. The number of amides is 2. The van der Waals surface area contributed by atoms with Crippen molar-refractivity contribution in [3.63, 3.8) is 0 Å². The Hall–Kier alpha value is -2.63. The third kappa shape index (κ3) is 5.29. The molecule has 1 unspecified atom stereocenters. The summed E-state index contributed by atoms with van der Waals surface area (Å²) in [5, 5.41) is 0. The van der Waals surface area contributed by atoms with Gasteiger partial charge in [-0.3, -0.25) is 9.59 Å². The topological polar surface area (TPSA) is 92.1 Å². The number of nitrogens with one attached hydrogen (secondary N) is 1. The van der Waals surface area contributed by atoms with Crippen molar-refractivity contribution in [1.82, 2.24) is 14.9 Å². The molecule has 2 fully saturated rings. The predicted octanol–water partition coefficient (Wildman–Crippen LogP) is 3.44. The van der Waals surface area contributed by atoms with Gasteiger partial charge in [-0.1, -0.05) is 30.3 Å². The van der Waals surface area contributed by atoms with Crippen LogP contribution in [0.15, 0.2) is 42.7 Å². The molecule has 1 aromatic heterocycles. The van der Waals surface area contributed by atoms with Gasteiger partial charge in [-0.25, -0.2) is 4.98 Å². The molecule has 2 aliphatic rings. The summed E-state index contributed by atoms with van der Waals surface area (Å²) in [5.74, 6) is 2.41. The van der Waals surface area contributed by atoms with Crippen LogP contribution in [0.1, 0.15) is 56.3 Å². The summed E-state index contributed by atoms with van der Waals surface area (Å²) in [5.41, 5.74) is 6.71. The first-order chi connectivity index (χ1) is 14.6. The van der Waals surface area contributed by atoms with Crippen molar-refractivity contribution in [3.05, 3.63) is 54.1 Å². The average molecular weight is 409 g/mol. The van der Waals surface area contributed by atoms with E-state index in [-0.39, 0.29) is 11.8 Å². The summed E-state index contributed by atoms with van der Waals surface area (Å²) in [4.78, 5) is 33.8. The molecule has 2 amide bonds. The third-order valence-corrected chi connectivity index (χ3v) is 6.78. The number of carbonyl (C=O) groups is 2. The lowest BCUT2D eigenvalue weighted by Crippen LogP contribution is -2.36. The minimum atomic E-state index is -0.209. The fraction of sp³-hybridized carbons (Fsp3) is 0.542. The number of nitrogens with zero attached hydrogens (tertiary/aromatic N) is 2. The Kier molecular flexibility index (Phi) is 6.50. The van der Waals surface area contributed by atoms with E-state index >= 15 is 0 Å². The largest absolute Gasteiger partial charge is 0.370 e. The molecule has 0 spiro atoms. The molecule has 2 aromatic rings. The molecule has 160 valence electrons. The first kappa shape index (κ1) is 20.6. The van der Waals surface area contributed by atoms with Crippen LogP contribution in [0, 0.1) is 17.8 Å². The van der Waals surface area contributed by atoms with Crippen LogP contribution in [0.3, 0.4) is 0 Å². The molecule has 4 rings (SSSR count). The fourth-order valence-corrected chi connectivity index (χ4v) is 5.62. The zero-order valence-electron chi connectivity index (χ0n) is 17.5. The Morgan fingerprint density at radius 2 is 1.90 bits per heavy atom. The zero-order chi connectivity index (χ0) is 20.9. The number of hydrogen-bond donors (Lipinski definition) is 2. The number of primary amides is 1. The second-order valence-electron chi connectivity index (χ2n) is 9.15. The van der Waals surface area contributed by atoms with Crippen molar-refractivity contribution in [1.29, 1.82) is 0 Å². The van der Waals surface area contributed by atoms with Crippen molar-refractivity contribution in [2.75, 3.05) is 0 Å². The van der Waals surface area contributed by atoms with Gasteiger partial charge in [0.25, 0.3) is 0 Å². The van der Waals surface area contributed by atoms with Gasteiger partial charge in [0.15, 0.2) is 0 Å². The molecule has 6 heteroatoms. The number of rotatable bonds is 8. The lowest BCUT2D eigenvalue weighted by molar-refractivity contribution is -0.129. The highest BCUT2D eigenvalue weighted by molar-refractivity contribution is 5.78. The molecule has 3 N–H and O–H groups in total. The lowest BCUT2D eigenvalue weighted by Gasteiger charge is -2.37. The van der Waals surface area contributed by atoms with E-state index in [1.54, 1.807) is 6.20 Å². The van der Waals surface area contributed by atoms with Crippen molar-refractivity contribution >= 4 is 11.8 Å². The van der Waals surface area contributed by atoms with E-state index in [0.717, 1.165) is 44.3 Å². The van der Waals surface area contributed by atoms with E-state index in [2.05, 4.69) is 27.0 Å². The zero-order valence-corrected chi connectivity index (χ0v) is 17.5. The van der Waals surface area contributed by atoms with Gasteiger partial charge in [0.05, 0.1) is 0 Å². The smallest absolute Gasteiger partial charge is 0.223 e. The Labute approximate surface area is 178 Å². The molecule has 30 heavy (non-hydrogen) atoms. The summed E-state index contributed by atoms with van der Waals surface area (Å²) >= 11 is 0. The molecular formula is C24H32N4O2. The van der Waals surface area contributed by atoms with Crippen molar-refractivity contribution in [2.24, 2.45) is 23.5 Å². The van der Waals surface area contributed by atoms with E-state index in [1.807, 2.05) is 24.4 Å². The second-order valence-corrected chi connectivity index (χ2v) is 9.15. The van der Waals surface area contributed by atoms with E-state index in [4.69, 9.17) is 5.73 Å². The average Bonchev–Trinajstić information content (AvgIpc) is 3.33. The van der Waals surface area contributed by atoms with Gasteiger partial charge >= 0.3 is 0 Å². The SMILES string of the molecule is NC(=O)CC1C[C@@H](C[C@@H]2CCC(=O)N2Cc2ccccc2)C[C@@H](Cc2ncc[nH]2)C1. The van der Waals surface area contributed by atoms with E-state index in [9.17, 15) is 9.59 Å². The number of aromatic nitrogens is 2. The van der Waals surface area contributed by atoms with Crippen LogP contribution in [-0.2, 0) is 22.6 Å². The number of aromatic amines is 1. The molecule has 4 atom stereocenters. The van der Waals surface area contributed by atoms with Crippen LogP contribution >= 0.6 is 0 Å². The van der Waals surface area contributed by atoms with Crippen LogP contribution in [0.25, 0.3) is 0 Å². The predicted molar refractivity (Wildman–Crippen MR) is 115 cm³/mol. The summed E-state index contributed by atoms with van der Waals surface area (Å²) in [6.45, 7) is 0.692. The van der Waals surface area contributed by atoms with Crippen molar-refractivity contribution in [3.8, 4) is 0 Å². The van der Waals surface area contributed by atoms with Gasteiger partial charge in [-0.05, 0) is 55.4 Å². The second kappa shape index (κ2) is 9.45. The summed E-state index contributed by atoms with van der Waals surface area (Å²) < 4.78 is 0. The fourth-order valence-electron chi connectivity index (χ4n) is 5.62. The molecule has 0 radical (unpaired) electrons. The van der Waals surface area contributed by atoms with Gasteiger partial charge in [0.1, 0.15) is 5.82 Å². The Morgan fingerprint density at radius 1 is 1.13 bits per heavy atom. The molecule has 1 saturated carbocycles. The van der Waals surface area contributed by atoms with Crippen LogP contribution in [0.2, 0.25) is 0 Å². The highest BCUT2D eigenvalue weighted by Crippen LogP contribution is 2.40. The normalized spacial score (nSPS) is 26.8. The van der Waals surface area contributed by atoms with Crippen LogP contribution in [-0.4, -0.2) is 32.7 Å². The Balaban J connectivity index is 1.42. The monoisotopic (exact) mass is 408 g/mol. The first-order valence-electron chi connectivity index (χ1n) is 11.2. The standard InChI is InChI=1S/C24H32N4O2/c25-22(29)14-19-10-18(11-20(12-19)15-23-26-8-9-27-23)13-21-6-7-24(30)28(21)16-17-4-2-1-3-5-17/h1-5,8-9,18-21H,6-7,10-16H2,(H2,25,29)(H,26,27)/t18-,19?,20-,21+/m1/s1. The number of H-pyrrole nitrogens is 1. The summed E-state index contributed by atoms with van der Waals surface area (Å²) in [7, 11) is 0. The summed E-state index contributed by atoms with van der Waals surface area (Å²) in [6.07, 6.45) is 10.8. The van der Waals surface area contributed by atoms with Crippen LogP contribution < -0.4 is 5.73 Å². The molecule has 1 aromatic carbocycles. The number of likely N-dealkylation sites (tertiary alicyclic amines) is 1. The molecule has 0 bridgehead atoms. The van der Waals surface area contributed by atoms with Gasteiger partial charge in [0.2, 0.25) is 11.8 Å². The van der Waals surface area contributed by atoms with Gasteiger partial charge in [-0.15, -0.1) is 0 Å². The van der Waals surface area contributed by atoms with Crippen molar-refractivity contribution in [2.45, 2.75) is 64.0 Å². The van der Waals surface area contributed by atoms with E-state index in [0.29, 0.717) is 43.2 Å². The highest BCUT2D eigenvalue weighted by atomic mass is 16.2. The lowest BCUT2D eigenvalue weighted by atomic mass is 9.71. The maximum atomic E-state index is 12.6. The molecule has 1 saturated heterocycles. The Bertz CT molecular complexity index is 836. The molecule has 6 nitrogen and oxygen atoms in total. The molecule has 2 heterocycles. The first-order valence-corrected chi connectivity index (χ1v) is 11.2. The van der Waals surface area contributed by atoms with Gasteiger partial charge in [-0.2, -0.15) is 0 Å². The quantitative estimate of drug-likeness (QED) is 0.701. The van der Waals surface area contributed by atoms with E-state index in [1.165, 1.54) is 5.56 Å². The van der Waals surface area contributed by atoms with Crippen molar-refractivity contribution < 1.29 is 9.59 Å². The molecule has 1 aliphatic heterocycles. The number of carbonyl (C=O) groups excluding carboxylic acids is 2. The minimum Gasteiger partial charge on any atom is -0.370 e. The minimum absolute atomic E-state index is 0.209. The number of hydrogen-bond acceptors (Lipinski definition) is 3. The number of imidazole rings is 1.